The topological polar surface area (TPSA) is 90.0 Å². The Morgan fingerprint density at radius 1 is 0.956 bits per heavy atom. The average molecular weight is 643 g/mol. The predicted octanol–water partition coefficient (Wildman–Crippen LogP) is 4.65. The van der Waals surface area contributed by atoms with E-state index >= 15 is 0 Å². The zero-order chi connectivity index (χ0) is 32.2. The number of hydrogen-bond donors (Lipinski definition) is 0. The summed E-state index contributed by atoms with van der Waals surface area (Å²) in [6.07, 6.45) is 16.2. The molecule has 2 aliphatic carbocycles. The lowest BCUT2D eigenvalue weighted by Crippen LogP contribution is -2.62. The van der Waals surface area contributed by atoms with Crippen molar-refractivity contribution in [3.63, 3.8) is 0 Å². The number of aromatic nitrogens is 2. The van der Waals surface area contributed by atoms with Crippen LogP contribution in [0.4, 0.5) is 4.39 Å². The molecule has 1 amide bonds. The Balaban J connectivity index is 0.000000436. The van der Waals surface area contributed by atoms with Crippen molar-refractivity contribution in [2.24, 2.45) is 5.92 Å². The van der Waals surface area contributed by atoms with Crippen LogP contribution in [0.2, 0.25) is 0 Å². The standard InChI is InChI=1S/C27H44N6O3S.C7H7F/c1-20-17-32(16-15-31(20)18-23-7-11-33(12-8-23)37(35,36)24-5-6-24)27(4)9-13-30(14-10-27)26(34)25-21(2)28-19-29-22(25)3;8-7-5-3-1-2-4-6-7/h19-20,23-24H,5-18H2,1-4H3;1-5H,6H2/t20-;/m0./s1. The van der Waals surface area contributed by atoms with E-state index in [2.05, 4.69) is 33.6 Å². The van der Waals surface area contributed by atoms with E-state index in [1.165, 1.54) is 12.4 Å². The number of halogens is 1. The molecule has 1 aromatic heterocycles. The van der Waals surface area contributed by atoms with Crippen LogP contribution in [0.1, 0.15) is 80.5 Å². The van der Waals surface area contributed by atoms with Gasteiger partial charge in [0.05, 0.1) is 22.2 Å². The normalized spacial score (nSPS) is 25.3. The van der Waals surface area contributed by atoms with Gasteiger partial charge in [0.2, 0.25) is 10.0 Å². The van der Waals surface area contributed by atoms with Crippen LogP contribution in [0, 0.1) is 19.8 Å². The molecular formula is C34H51FN6O3S. The van der Waals surface area contributed by atoms with Gasteiger partial charge in [0.1, 0.15) is 12.2 Å². The minimum Gasteiger partial charge on any atom is -0.338 e. The van der Waals surface area contributed by atoms with Crippen molar-refractivity contribution in [1.29, 1.82) is 0 Å². The van der Waals surface area contributed by atoms with E-state index in [-0.39, 0.29) is 22.5 Å². The van der Waals surface area contributed by atoms with Crippen molar-refractivity contribution in [3.05, 3.63) is 59.5 Å². The van der Waals surface area contributed by atoms with Crippen LogP contribution in [-0.4, -0.2) is 112 Å². The second-order valence-electron chi connectivity index (χ2n) is 13.7. The molecule has 1 aromatic rings. The SMILES string of the molecule is Cc1ncnc(C)c1C(=O)N1CCC(C)(N2CCN(CC3CCN(S(=O)(=O)C4CC4)CC3)[C@@H](C)C2)CC1.FC1=CC=CC=CC1. The van der Waals surface area contributed by atoms with Gasteiger partial charge in [-0.2, -0.15) is 0 Å². The van der Waals surface area contributed by atoms with Gasteiger partial charge in [-0.1, -0.05) is 24.3 Å². The van der Waals surface area contributed by atoms with Crippen molar-refractivity contribution in [1.82, 2.24) is 29.0 Å². The second-order valence-corrected chi connectivity index (χ2v) is 15.9. The predicted molar refractivity (Wildman–Crippen MR) is 176 cm³/mol. The van der Waals surface area contributed by atoms with E-state index in [4.69, 9.17) is 0 Å². The lowest BCUT2D eigenvalue weighted by molar-refractivity contribution is -0.0223. The van der Waals surface area contributed by atoms with Gasteiger partial charge in [0.25, 0.3) is 5.91 Å². The molecular weight excluding hydrogens is 591 g/mol. The summed E-state index contributed by atoms with van der Waals surface area (Å²) in [6.45, 7) is 15.6. The number of hydrogen-bond acceptors (Lipinski definition) is 7. The maximum atomic E-state index is 13.2. The molecule has 9 nitrogen and oxygen atoms in total. The molecule has 3 saturated heterocycles. The highest BCUT2D eigenvalue weighted by Gasteiger charge is 2.43. The van der Waals surface area contributed by atoms with Gasteiger partial charge in [-0.25, -0.2) is 27.1 Å². The molecule has 248 valence electrons. The maximum absolute atomic E-state index is 13.2. The van der Waals surface area contributed by atoms with E-state index in [0.717, 1.165) is 89.2 Å². The molecule has 6 rings (SSSR count). The molecule has 0 bridgehead atoms. The summed E-state index contributed by atoms with van der Waals surface area (Å²) in [5.41, 5.74) is 2.28. The minimum atomic E-state index is -3.03. The van der Waals surface area contributed by atoms with Gasteiger partial charge in [-0.3, -0.25) is 14.6 Å². The zero-order valence-corrected chi connectivity index (χ0v) is 28.3. The fourth-order valence-corrected chi connectivity index (χ4v) is 9.00. The molecule has 0 spiro atoms. The first-order valence-electron chi connectivity index (χ1n) is 16.7. The average Bonchev–Trinajstić information content (AvgIpc) is 3.89. The summed E-state index contributed by atoms with van der Waals surface area (Å²) in [5, 5.41) is -0.0934. The molecule has 11 heteroatoms. The van der Waals surface area contributed by atoms with Crippen molar-refractivity contribution in [3.8, 4) is 0 Å². The van der Waals surface area contributed by atoms with Crippen molar-refractivity contribution >= 4 is 15.9 Å². The number of likely N-dealkylation sites (tertiary alicyclic amines) is 1. The van der Waals surface area contributed by atoms with E-state index in [0.29, 0.717) is 37.0 Å². The van der Waals surface area contributed by atoms with Crippen LogP contribution in [0.25, 0.3) is 0 Å². The third-order valence-electron chi connectivity index (χ3n) is 10.4. The largest absolute Gasteiger partial charge is 0.338 e. The third-order valence-corrected chi connectivity index (χ3v) is 12.8. The highest BCUT2D eigenvalue weighted by molar-refractivity contribution is 7.90. The van der Waals surface area contributed by atoms with Crippen molar-refractivity contribution in [2.45, 2.75) is 89.5 Å². The molecule has 4 heterocycles. The Morgan fingerprint density at radius 3 is 2.24 bits per heavy atom. The molecule has 0 unspecified atom stereocenters. The number of piperazine rings is 1. The molecule has 1 saturated carbocycles. The van der Waals surface area contributed by atoms with Crippen LogP contribution in [-0.2, 0) is 10.0 Å². The first-order valence-corrected chi connectivity index (χ1v) is 18.2. The maximum Gasteiger partial charge on any atom is 0.257 e. The van der Waals surface area contributed by atoms with Gasteiger partial charge in [-0.05, 0) is 78.2 Å². The first-order chi connectivity index (χ1) is 21.5. The number of rotatable bonds is 6. The first kappa shape index (κ1) is 33.9. The molecule has 0 N–H and O–H groups in total. The Morgan fingerprint density at radius 2 is 1.62 bits per heavy atom. The number of piperidine rings is 2. The molecule has 0 aromatic carbocycles. The number of carbonyl (C=O) groups is 1. The van der Waals surface area contributed by atoms with E-state index in [1.54, 1.807) is 16.5 Å². The Labute approximate surface area is 269 Å². The van der Waals surface area contributed by atoms with Crippen LogP contribution in [0.5, 0.6) is 0 Å². The lowest BCUT2D eigenvalue weighted by atomic mass is 9.86. The molecule has 1 atom stereocenters. The number of carbonyl (C=O) groups excluding carboxylic acids is 1. The summed E-state index contributed by atoms with van der Waals surface area (Å²) in [7, 11) is -3.03. The lowest BCUT2D eigenvalue weighted by Gasteiger charge is -2.52. The van der Waals surface area contributed by atoms with Crippen molar-refractivity contribution in [2.75, 3.05) is 52.4 Å². The zero-order valence-electron chi connectivity index (χ0n) is 27.5. The van der Waals surface area contributed by atoms with Gasteiger partial charge in [0.15, 0.2) is 0 Å². The van der Waals surface area contributed by atoms with Crippen LogP contribution in [0.15, 0.2) is 42.5 Å². The number of sulfonamides is 1. The molecule has 3 aliphatic heterocycles. The van der Waals surface area contributed by atoms with Crippen molar-refractivity contribution < 1.29 is 17.6 Å². The van der Waals surface area contributed by atoms with Gasteiger partial charge in [0, 0.05) is 70.4 Å². The van der Waals surface area contributed by atoms with Crippen LogP contribution in [0.3, 0.4) is 0 Å². The monoisotopic (exact) mass is 642 g/mol. The summed E-state index contributed by atoms with van der Waals surface area (Å²) in [5.74, 6) is 0.570. The summed E-state index contributed by atoms with van der Waals surface area (Å²) in [6, 6.07) is 0.477. The number of aryl methyl sites for hydroxylation is 2. The van der Waals surface area contributed by atoms with E-state index in [1.807, 2.05) is 30.9 Å². The van der Waals surface area contributed by atoms with E-state index in [9.17, 15) is 17.6 Å². The second kappa shape index (κ2) is 14.5. The molecule has 0 radical (unpaired) electrons. The number of nitrogens with zero attached hydrogens (tertiary/aromatic N) is 6. The Bertz CT molecular complexity index is 1370. The fraction of sp³-hybridized carbons (Fsp3) is 0.676. The van der Waals surface area contributed by atoms with Gasteiger partial charge in [-0.15, -0.1) is 0 Å². The smallest absolute Gasteiger partial charge is 0.257 e. The van der Waals surface area contributed by atoms with Crippen LogP contribution < -0.4 is 0 Å². The number of allylic oxidation sites excluding steroid dienone is 6. The summed E-state index contributed by atoms with van der Waals surface area (Å²) in [4.78, 5) is 28.9. The van der Waals surface area contributed by atoms with Crippen LogP contribution >= 0.6 is 0 Å². The van der Waals surface area contributed by atoms with E-state index < -0.39 is 10.0 Å². The fourth-order valence-electron chi connectivity index (χ4n) is 7.13. The molecule has 5 aliphatic rings. The van der Waals surface area contributed by atoms with Gasteiger partial charge < -0.3 is 4.90 Å². The molecule has 45 heavy (non-hydrogen) atoms. The minimum absolute atomic E-state index is 0.0619. The number of amides is 1. The summed E-state index contributed by atoms with van der Waals surface area (Å²) < 4.78 is 39.1. The quantitative estimate of drug-likeness (QED) is 0.446. The summed E-state index contributed by atoms with van der Waals surface area (Å²) >= 11 is 0. The highest BCUT2D eigenvalue weighted by atomic mass is 32.2. The van der Waals surface area contributed by atoms with Gasteiger partial charge >= 0.3 is 0 Å². The Hall–Kier alpha value is -2.47. The molecule has 4 fully saturated rings. The highest BCUT2D eigenvalue weighted by Crippen LogP contribution is 2.35. The third kappa shape index (κ3) is 8.28. The Kier molecular flexibility index (Phi) is 10.9.